The molecule has 0 fully saturated rings. The first-order chi connectivity index (χ1) is 8.60. The molecule has 3 nitrogen and oxygen atoms in total. The second-order valence-electron chi connectivity index (χ2n) is 3.54. The number of carbonyl (C=O) groups is 2. The topological polar surface area (TPSA) is 43.4 Å². The Morgan fingerprint density at radius 3 is 2.67 bits per heavy atom. The largest absolute Gasteiger partial charge is 0.460 e. The fourth-order valence-corrected chi connectivity index (χ4v) is 2.39. The van der Waals surface area contributed by atoms with Crippen LogP contribution in [0.1, 0.15) is 30.6 Å². The summed E-state index contributed by atoms with van der Waals surface area (Å²) >= 11 is 7.40. The molecule has 0 aromatic heterocycles. The summed E-state index contributed by atoms with van der Waals surface area (Å²) in [5, 5.41) is 0.434. The number of ether oxygens (including phenoxy) is 1. The number of carbonyl (C=O) groups excluding carboxylic acids is 2. The van der Waals surface area contributed by atoms with Gasteiger partial charge in [-0.25, -0.2) is 4.79 Å². The molecule has 0 atom stereocenters. The minimum absolute atomic E-state index is 0.183. The maximum atomic E-state index is 11.9. The van der Waals surface area contributed by atoms with Gasteiger partial charge in [-0.05, 0) is 37.3 Å². The van der Waals surface area contributed by atoms with Crippen LogP contribution in [-0.2, 0) is 9.53 Å². The lowest BCUT2D eigenvalue weighted by molar-refractivity contribution is -0.137. The Kier molecular flexibility index (Phi) is 6.22. The monoisotopic (exact) mass is 286 g/mol. The summed E-state index contributed by atoms with van der Waals surface area (Å²) in [4.78, 5) is 24.1. The molecule has 0 aliphatic heterocycles. The second-order valence-corrected chi connectivity index (χ2v) is 5.11. The smallest absolute Gasteiger partial charge is 0.379 e. The molecule has 18 heavy (non-hydrogen) atoms. The first-order valence-electron chi connectivity index (χ1n) is 5.74. The quantitative estimate of drug-likeness (QED) is 0.347. The van der Waals surface area contributed by atoms with Crippen molar-refractivity contribution in [1.29, 1.82) is 0 Å². The van der Waals surface area contributed by atoms with Crippen molar-refractivity contribution in [2.45, 2.75) is 25.2 Å². The van der Waals surface area contributed by atoms with E-state index in [0.717, 1.165) is 17.1 Å². The third-order valence-corrected chi connectivity index (χ3v) is 3.62. The summed E-state index contributed by atoms with van der Waals surface area (Å²) in [6.45, 7) is 3.90. The standard InChI is InChI=1S/C13H15ClO3S/c1-3-7-18-11-6-5-9(14)8-10(11)12(15)13(16)17-4-2/h5-6,8H,3-4,7H2,1-2H3. The van der Waals surface area contributed by atoms with E-state index in [1.54, 1.807) is 19.1 Å². The second kappa shape index (κ2) is 7.44. The molecule has 0 saturated carbocycles. The van der Waals surface area contributed by atoms with E-state index >= 15 is 0 Å². The molecule has 0 aliphatic rings. The van der Waals surface area contributed by atoms with Gasteiger partial charge >= 0.3 is 5.97 Å². The lowest BCUT2D eigenvalue weighted by atomic mass is 10.1. The fourth-order valence-electron chi connectivity index (χ4n) is 1.32. The van der Waals surface area contributed by atoms with Gasteiger partial charge in [0.15, 0.2) is 0 Å². The van der Waals surface area contributed by atoms with E-state index in [1.807, 2.05) is 0 Å². The van der Waals surface area contributed by atoms with Gasteiger partial charge in [0.05, 0.1) is 6.61 Å². The van der Waals surface area contributed by atoms with Gasteiger partial charge in [0.2, 0.25) is 0 Å². The van der Waals surface area contributed by atoms with E-state index in [2.05, 4.69) is 6.92 Å². The SMILES string of the molecule is CCCSc1ccc(Cl)cc1C(=O)C(=O)OCC. The van der Waals surface area contributed by atoms with Gasteiger partial charge in [0, 0.05) is 15.5 Å². The minimum atomic E-state index is -0.835. The van der Waals surface area contributed by atoms with Crippen LogP contribution in [0.2, 0.25) is 5.02 Å². The van der Waals surface area contributed by atoms with Crippen molar-refractivity contribution in [3.8, 4) is 0 Å². The van der Waals surface area contributed by atoms with Crippen LogP contribution in [0, 0.1) is 0 Å². The van der Waals surface area contributed by atoms with Crippen molar-refractivity contribution in [3.05, 3.63) is 28.8 Å². The molecule has 98 valence electrons. The third-order valence-electron chi connectivity index (χ3n) is 2.11. The average molecular weight is 287 g/mol. The Morgan fingerprint density at radius 1 is 1.33 bits per heavy atom. The van der Waals surface area contributed by atoms with E-state index in [9.17, 15) is 9.59 Å². The summed E-state index contributed by atoms with van der Waals surface area (Å²) in [5.74, 6) is -0.596. The molecular formula is C13H15ClO3S. The predicted molar refractivity (Wildman–Crippen MR) is 73.4 cm³/mol. The zero-order valence-corrected chi connectivity index (χ0v) is 11.9. The summed E-state index contributed by atoms with van der Waals surface area (Å²) in [5.41, 5.74) is 0.319. The van der Waals surface area contributed by atoms with Crippen LogP contribution < -0.4 is 0 Å². The maximum absolute atomic E-state index is 11.9. The maximum Gasteiger partial charge on any atom is 0.379 e. The Bertz CT molecular complexity index is 446. The highest BCUT2D eigenvalue weighted by Gasteiger charge is 2.21. The van der Waals surface area contributed by atoms with Gasteiger partial charge in [-0.3, -0.25) is 4.79 Å². The van der Waals surface area contributed by atoms with Crippen LogP contribution in [0.15, 0.2) is 23.1 Å². The number of Topliss-reactive ketones (excluding diaryl/α,β-unsaturated/α-hetero) is 1. The van der Waals surface area contributed by atoms with Gasteiger partial charge in [0.25, 0.3) is 5.78 Å². The molecule has 0 bridgehead atoms. The van der Waals surface area contributed by atoms with Crippen molar-refractivity contribution in [2.75, 3.05) is 12.4 Å². The minimum Gasteiger partial charge on any atom is -0.460 e. The van der Waals surface area contributed by atoms with Gasteiger partial charge in [0.1, 0.15) is 0 Å². The molecular weight excluding hydrogens is 272 g/mol. The van der Waals surface area contributed by atoms with E-state index in [1.165, 1.54) is 17.8 Å². The highest BCUT2D eigenvalue weighted by atomic mass is 35.5. The van der Waals surface area contributed by atoms with Gasteiger partial charge in [-0.1, -0.05) is 18.5 Å². The van der Waals surface area contributed by atoms with E-state index < -0.39 is 11.8 Å². The number of hydrogen-bond acceptors (Lipinski definition) is 4. The lowest BCUT2D eigenvalue weighted by Gasteiger charge is -2.08. The van der Waals surface area contributed by atoms with Crippen LogP contribution in [0.25, 0.3) is 0 Å². The first kappa shape index (κ1) is 15.1. The normalized spacial score (nSPS) is 10.2. The molecule has 0 saturated heterocycles. The Hall–Kier alpha value is -1.00. The molecule has 0 unspecified atom stereocenters. The molecule has 0 aliphatic carbocycles. The summed E-state index contributed by atoms with van der Waals surface area (Å²) in [7, 11) is 0. The number of esters is 1. The number of rotatable bonds is 6. The number of ketones is 1. The van der Waals surface area contributed by atoms with Crippen LogP contribution in [0.3, 0.4) is 0 Å². The summed E-state index contributed by atoms with van der Waals surface area (Å²) < 4.78 is 4.72. The van der Waals surface area contributed by atoms with E-state index in [0.29, 0.717) is 10.6 Å². The van der Waals surface area contributed by atoms with Gasteiger partial charge in [-0.15, -0.1) is 11.8 Å². The number of halogens is 1. The Balaban J connectivity index is 3.00. The highest BCUT2D eigenvalue weighted by Crippen LogP contribution is 2.27. The van der Waals surface area contributed by atoms with Crippen molar-refractivity contribution < 1.29 is 14.3 Å². The molecule has 0 N–H and O–H groups in total. The van der Waals surface area contributed by atoms with Crippen molar-refractivity contribution >= 4 is 35.1 Å². The highest BCUT2D eigenvalue weighted by molar-refractivity contribution is 7.99. The van der Waals surface area contributed by atoms with Crippen LogP contribution in [0.4, 0.5) is 0 Å². The predicted octanol–water partition coefficient (Wildman–Crippen LogP) is 3.59. The van der Waals surface area contributed by atoms with Crippen LogP contribution in [0.5, 0.6) is 0 Å². The van der Waals surface area contributed by atoms with Gasteiger partial charge in [-0.2, -0.15) is 0 Å². The number of thioether (sulfide) groups is 1. The molecule has 0 amide bonds. The summed E-state index contributed by atoms with van der Waals surface area (Å²) in [6.07, 6.45) is 0.986. The third kappa shape index (κ3) is 4.03. The van der Waals surface area contributed by atoms with Crippen molar-refractivity contribution in [2.24, 2.45) is 0 Å². The molecule has 1 aromatic rings. The molecule has 1 aromatic carbocycles. The number of benzene rings is 1. The fraction of sp³-hybridized carbons (Fsp3) is 0.385. The average Bonchev–Trinajstić information content (AvgIpc) is 2.36. The molecule has 5 heteroatoms. The molecule has 0 radical (unpaired) electrons. The van der Waals surface area contributed by atoms with Crippen LogP contribution >= 0.6 is 23.4 Å². The molecule has 1 rings (SSSR count). The first-order valence-corrected chi connectivity index (χ1v) is 7.10. The summed E-state index contributed by atoms with van der Waals surface area (Å²) in [6, 6.07) is 4.98. The number of hydrogen-bond donors (Lipinski definition) is 0. The molecule has 0 heterocycles. The van der Waals surface area contributed by atoms with Crippen molar-refractivity contribution in [3.63, 3.8) is 0 Å². The van der Waals surface area contributed by atoms with Crippen molar-refractivity contribution in [1.82, 2.24) is 0 Å². The lowest BCUT2D eigenvalue weighted by Crippen LogP contribution is -2.18. The Labute approximate surface area is 116 Å². The molecule has 0 spiro atoms. The zero-order chi connectivity index (χ0) is 13.5. The van der Waals surface area contributed by atoms with Crippen LogP contribution in [-0.4, -0.2) is 24.1 Å². The van der Waals surface area contributed by atoms with E-state index in [4.69, 9.17) is 16.3 Å². The van der Waals surface area contributed by atoms with Gasteiger partial charge < -0.3 is 4.74 Å². The Morgan fingerprint density at radius 2 is 2.06 bits per heavy atom. The van der Waals surface area contributed by atoms with E-state index in [-0.39, 0.29) is 6.61 Å². The zero-order valence-electron chi connectivity index (χ0n) is 10.4.